The molecular formula is C20H25NO4. The second kappa shape index (κ2) is 9.39. The van der Waals surface area contributed by atoms with E-state index in [1.54, 1.807) is 6.26 Å². The fraction of sp³-hybridized carbons (Fsp3) is 0.450. The number of hydrogen-bond donors (Lipinski definition) is 1. The molecule has 0 bridgehead atoms. The third-order valence-electron chi connectivity index (χ3n) is 4.31. The molecule has 1 fully saturated rings. The standard InChI is InChI=1S/C20H25NO4/c22-20(15-25-18-8-2-1-3-9-18)21-17-7-4-6-16(12-17)13-23-14-19-10-5-11-24-19/h4-7,10-12,18H,1-3,8-9,13-15H2,(H,21,22). The summed E-state index contributed by atoms with van der Waals surface area (Å²) in [7, 11) is 0. The van der Waals surface area contributed by atoms with Crippen LogP contribution in [-0.2, 0) is 27.5 Å². The Kier molecular flexibility index (Phi) is 6.65. The number of carbonyl (C=O) groups is 1. The number of amides is 1. The molecule has 2 aromatic rings. The van der Waals surface area contributed by atoms with Crippen LogP contribution in [0.4, 0.5) is 5.69 Å². The summed E-state index contributed by atoms with van der Waals surface area (Å²) in [4.78, 5) is 12.1. The summed E-state index contributed by atoms with van der Waals surface area (Å²) in [6, 6.07) is 11.4. The minimum Gasteiger partial charge on any atom is -0.467 e. The van der Waals surface area contributed by atoms with E-state index in [4.69, 9.17) is 13.9 Å². The Morgan fingerprint density at radius 2 is 2.00 bits per heavy atom. The van der Waals surface area contributed by atoms with Crippen LogP contribution < -0.4 is 5.32 Å². The van der Waals surface area contributed by atoms with Gasteiger partial charge in [0.25, 0.3) is 0 Å². The first-order valence-corrected chi connectivity index (χ1v) is 8.90. The van der Waals surface area contributed by atoms with E-state index in [1.165, 1.54) is 19.3 Å². The Hall–Kier alpha value is -2.11. The van der Waals surface area contributed by atoms with E-state index in [2.05, 4.69) is 5.32 Å². The van der Waals surface area contributed by atoms with E-state index in [9.17, 15) is 4.79 Å². The molecule has 0 spiro atoms. The van der Waals surface area contributed by atoms with Crippen molar-refractivity contribution in [2.24, 2.45) is 0 Å². The predicted molar refractivity (Wildman–Crippen MR) is 95.1 cm³/mol. The molecule has 5 nitrogen and oxygen atoms in total. The molecule has 5 heteroatoms. The van der Waals surface area contributed by atoms with E-state index in [0.717, 1.165) is 29.9 Å². The Bertz CT molecular complexity index is 647. The van der Waals surface area contributed by atoms with Crippen LogP contribution >= 0.6 is 0 Å². The largest absolute Gasteiger partial charge is 0.467 e. The molecule has 1 aliphatic rings. The number of nitrogens with one attached hydrogen (secondary N) is 1. The fourth-order valence-electron chi connectivity index (χ4n) is 3.03. The number of benzene rings is 1. The molecule has 0 atom stereocenters. The quantitative estimate of drug-likeness (QED) is 0.777. The van der Waals surface area contributed by atoms with Crippen LogP contribution in [0.15, 0.2) is 47.1 Å². The summed E-state index contributed by atoms with van der Waals surface area (Å²) < 4.78 is 16.6. The van der Waals surface area contributed by atoms with Crippen LogP contribution in [0.25, 0.3) is 0 Å². The van der Waals surface area contributed by atoms with Crippen molar-refractivity contribution in [2.75, 3.05) is 11.9 Å². The summed E-state index contributed by atoms with van der Waals surface area (Å²) in [5.41, 5.74) is 1.76. The van der Waals surface area contributed by atoms with Gasteiger partial charge in [0, 0.05) is 5.69 Å². The molecule has 0 radical (unpaired) electrons. The SMILES string of the molecule is O=C(COC1CCCCC1)Nc1cccc(COCc2ccco2)c1. The maximum atomic E-state index is 12.1. The lowest BCUT2D eigenvalue weighted by Crippen LogP contribution is -2.24. The number of rotatable bonds is 8. The van der Waals surface area contributed by atoms with Crippen LogP contribution in [-0.4, -0.2) is 18.6 Å². The number of ether oxygens (including phenoxy) is 2. The van der Waals surface area contributed by atoms with Crippen molar-refractivity contribution in [1.29, 1.82) is 0 Å². The van der Waals surface area contributed by atoms with Crippen LogP contribution in [0, 0.1) is 0 Å². The molecule has 1 N–H and O–H groups in total. The smallest absolute Gasteiger partial charge is 0.250 e. The highest BCUT2D eigenvalue weighted by molar-refractivity contribution is 5.91. The van der Waals surface area contributed by atoms with Crippen molar-refractivity contribution in [3.8, 4) is 0 Å². The normalized spacial score (nSPS) is 15.2. The van der Waals surface area contributed by atoms with E-state index < -0.39 is 0 Å². The minimum atomic E-state index is -0.112. The van der Waals surface area contributed by atoms with Crippen molar-refractivity contribution in [1.82, 2.24) is 0 Å². The van der Waals surface area contributed by atoms with Gasteiger partial charge in [0.2, 0.25) is 5.91 Å². The van der Waals surface area contributed by atoms with E-state index in [0.29, 0.717) is 13.2 Å². The summed E-state index contributed by atoms with van der Waals surface area (Å²) in [5.74, 6) is 0.684. The lowest BCUT2D eigenvalue weighted by atomic mass is 9.98. The zero-order valence-electron chi connectivity index (χ0n) is 14.4. The van der Waals surface area contributed by atoms with Gasteiger partial charge in [-0.25, -0.2) is 0 Å². The van der Waals surface area contributed by atoms with Gasteiger partial charge in [-0.2, -0.15) is 0 Å². The van der Waals surface area contributed by atoms with Gasteiger partial charge in [-0.05, 0) is 42.7 Å². The average molecular weight is 343 g/mol. The third-order valence-corrected chi connectivity index (χ3v) is 4.31. The molecule has 1 heterocycles. The Labute approximate surface area is 148 Å². The Morgan fingerprint density at radius 1 is 1.12 bits per heavy atom. The predicted octanol–water partition coefficient (Wildman–Crippen LogP) is 4.28. The van der Waals surface area contributed by atoms with Gasteiger partial charge in [0.05, 0.1) is 19.0 Å². The van der Waals surface area contributed by atoms with Gasteiger partial charge in [0.1, 0.15) is 19.0 Å². The molecule has 0 unspecified atom stereocenters. The van der Waals surface area contributed by atoms with Gasteiger partial charge in [-0.3, -0.25) is 4.79 Å². The maximum absolute atomic E-state index is 12.1. The van der Waals surface area contributed by atoms with Gasteiger partial charge < -0.3 is 19.2 Å². The zero-order chi connectivity index (χ0) is 17.3. The maximum Gasteiger partial charge on any atom is 0.250 e. The lowest BCUT2D eigenvalue weighted by molar-refractivity contribution is -0.123. The van der Waals surface area contributed by atoms with Crippen LogP contribution in [0.2, 0.25) is 0 Å². The lowest BCUT2D eigenvalue weighted by Gasteiger charge is -2.21. The van der Waals surface area contributed by atoms with E-state index in [-0.39, 0.29) is 18.6 Å². The van der Waals surface area contributed by atoms with Crippen LogP contribution in [0.3, 0.4) is 0 Å². The van der Waals surface area contributed by atoms with Crippen LogP contribution in [0.1, 0.15) is 43.4 Å². The molecule has 1 aromatic carbocycles. The number of carbonyl (C=O) groups excluding carboxylic acids is 1. The second-order valence-electron chi connectivity index (χ2n) is 6.39. The second-order valence-corrected chi connectivity index (χ2v) is 6.39. The molecule has 0 aliphatic heterocycles. The molecule has 3 rings (SSSR count). The van der Waals surface area contributed by atoms with Crippen molar-refractivity contribution < 1.29 is 18.7 Å². The zero-order valence-corrected chi connectivity index (χ0v) is 14.4. The monoisotopic (exact) mass is 343 g/mol. The first-order valence-electron chi connectivity index (χ1n) is 8.90. The number of anilines is 1. The molecule has 1 aliphatic carbocycles. The first-order chi connectivity index (χ1) is 12.3. The minimum absolute atomic E-state index is 0.112. The van der Waals surface area contributed by atoms with Gasteiger partial charge in [0.15, 0.2) is 0 Å². The molecule has 134 valence electrons. The highest BCUT2D eigenvalue weighted by Crippen LogP contribution is 2.20. The van der Waals surface area contributed by atoms with E-state index >= 15 is 0 Å². The highest BCUT2D eigenvalue weighted by atomic mass is 16.5. The summed E-state index contributed by atoms with van der Waals surface area (Å²) in [5, 5.41) is 2.89. The molecule has 25 heavy (non-hydrogen) atoms. The highest BCUT2D eigenvalue weighted by Gasteiger charge is 2.15. The molecule has 1 aromatic heterocycles. The Balaban J connectivity index is 1.41. The van der Waals surface area contributed by atoms with Crippen molar-refractivity contribution >= 4 is 11.6 Å². The molecule has 0 saturated heterocycles. The first kappa shape index (κ1) is 17.7. The third kappa shape index (κ3) is 6.03. The van der Waals surface area contributed by atoms with Gasteiger partial charge >= 0.3 is 0 Å². The average Bonchev–Trinajstić information content (AvgIpc) is 3.15. The van der Waals surface area contributed by atoms with Crippen molar-refractivity contribution in [3.63, 3.8) is 0 Å². The van der Waals surface area contributed by atoms with Gasteiger partial charge in [-0.1, -0.05) is 31.4 Å². The summed E-state index contributed by atoms with van der Waals surface area (Å²) >= 11 is 0. The summed E-state index contributed by atoms with van der Waals surface area (Å²) in [6.07, 6.45) is 7.68. The van der Waals surface area contributed by atoms with Crippen molar-refractivity contribution in [3.05, 3.63) is 54.0 Å². The molecular weight excluding hydrogens is 318 g/mol. The molecule has 1 amide bonds. The topological polar surface area (TPSA) is 60.7 Å². The number of furan rings is 1. The van der Waals surface area contributed by atoms with Gasteiger partial charge in [-0.15, -0.1) is 0 Å². The fourth-order valence-corrected chi connectivity index (χ4v) is 3.03. The van der Waals surface area contributed by atoms with Crippen LogP contribution in [0.5, 0.6) is 0 Å². The number of hydrogen-bond acceptors (Lipinski definition) is 4. The Morgan fingerprint density at radius 3 is 2.80 bits per heavy atom. The summed E-state index contributed by atoms with van der Waals surface area (Å²) in [6.45, 7) is 1.01. The van der Waals surface area contributed by atoms with E-state index in [1.807, 2.05) is 36.4 Å². The molecule has 1 saturated carbocycles. The van der Waals surface area contributed by atoms with Crippen molar-refractivity contribution in [2.45, 2.75) is 51.4 Å².